The fraction of sp³-hybridized carbons (Fsp3) is 0.538. The Kier molecular flexibility index (Phi) is 5.29. The molecule has 0 heterocycles. The van der Waals surface area contributed by atoms with Crippen molar-refractivity contribution in [3.8, 4) is 5.75 Å². The lowest BCUT2D eigenvalue weighted by atomic mass is 10.1. The van der Waals surface area contributed by atoms with Crippen molar-refractivity contribution in [1.29, 1.82) is 0 Å². The summed E-state index contributed by atoms with van der Waals surface area (Å²) < 4.78 is 1.01. The quantitative estimate of drug-likeness (QED) is 0.886. The highest BCUT2D eigenvalue weighted by Gasteiger charge is 2.14. The van der Waals surface area contributed by atoms with Crippen molar-refractivity contribution in [2.24, 2.45) is 0 Å². The van der Waals surface area contributed by atoms with E-state index in [-0.39, 0.29) is 6.04 Å². The first-order chi connectivity index (χ1) is 7.56. The summed E-state index contributed by atoms with van der Waals surface area (Å²) >= 11 is 3.44. The molecule has 0 bridgehead atoms. The highest BCUT2D eigenvalue weighted by atomic mass is 79.9. The van der Waals surface area contributed by atoms with Gasteiger partial charge in [-0.1, -0.05) is 29.3 Å². The van der Waals surface area contributed by atoms with Gasteiger partial charge < -0.3 is 5.11 Å². The maximum absolute atomic E-state index is 9.83. The monoisotopic (exact) mass is 285 g/mol. The smallest absolute Gasteiger partial charge is 0.120 e. The van der Waals surface area contributed by atoms with Crippen LogP contribution in [-0.2, 0) is 0 Å². The molecule has 1 N–H and O–H groups in total. The fourth-order valence-corrected chi connectivity index (χ4v) is 2.08. The van der Waals surface area contributed by atoms with Gasteiger partial charge in [0.25, 0.3) is 0 Å². The Balaban J connectivity index is 2.78. The molecule has 0 saturated carbocycles. The van der Waals surface area contributed by atoms with Crippen molar-refractivity contribution in [1.82, 2.24) is 4.90 Å². The number of nitrogens with zero attached hydrogens (tertiary/aromatic N) is 1. The van der Waals surface area contributed by atoms with Crippen molar-refractivity contribution in [2.45, 2.75) is 32.7 Å². The van der Waals surface area contributed by atoms with Gasteiger partial charge in [0.15, 0.2) is 0 Å². The molecule has 0 amide bonds. The summed E-state index contributed by atoms with van der Waals surface area (Å²) in [7, 11) is 2.10. The molecule has 1 rings (SSSR count). The number of aromatic hydroxyl groups is 1. The predicted octanol–water partition coefficient (Wildman–Crippen LogP) is 3.95. The molecule has 1 aromatic carbocycles. The summed E-state index contributed by atoms with van der Waals surface area (Å²) in [6.45, 7) is 5.37. The lowest BCUT2D eigenvalue weighted by Crippen LogP contribution is -2.23. The second kappa shape index (κ2) is 6.26. The van der Waals surface area contributed by atoms with Gasteiger partial charge in [0.2, 0.25) is 0 Å². The minimum absolute atomic E-state index is 0.240. The molecule has 2 nitrogen and oxygen atoms in total. The van der Waals surface area contributed by atoms with Crippen LogP contribution < -0.4 is 0 Å². The minimum atomic E-state index is 0.240. The normalized spacial score (nSPS) is 13.1. The van der Waals surface area contributed by atoms with Crippen LogP contribution in [0.4, 0.5) is 0 Å². The Labute approximate surface area is 106 Å². The molecule has 0 fully saturated rings. The maximum atomic E-state index is 9.83. The van der Waals surface area contributed by atoms with Gasteiger partial charge in [0, 0.05) is 16.1 Å². The summed E-state index contributed by atoms with van der Waals surface area (Å²) in [5.41, 5.74) is 0.980. The van der Waals surface area contributed by atoms with Crippen molar-refractivity contribution in [2.75, 3.05) is 13.6 Å². The van der Waals surface area contributed by atoms with Crippen LogP contribution in [0.5, 0.6) is 5.75 Å². The zero-order valence-electron chi connectivity index (χ0n) is 10.2. The topological polar surface area (TPSA) is 23.5 Å². The molecular formula is C13H20BrNO. The van der Waals surface area contributed by atoms with E-state index >= 15 is 0 Å². The number of benzene rings is 1. The summed E-state index contributed by atoms with van der Waals surface area (Å²) in [4.78, 5) is 2.27. The van der Waals surface area contributed by atoms with Gasteiger partial charge in [-0.25, -0.2) is 0 Å². The van der Waals surface area contributed by atoms with Gasteiger partial charge >= 0.3 is 0 Å². The van der Waals surface area contributed by atoms with Gasteiger partial charge in [-0.15, -0.1) is 0 Å². The van der Waals surface area contributed by atoms with E-state index in [2.05, 4.69) is 41.7 Å². The maximum Gasteiger partial charge on any atom is 0.120 e. The van der Waals surface area contributed by atoms with Crippen molar-refractivity contribution in [3.05, 3.63) is 28.2 Å². The number of halogens is 1. The Morgan fingerprint density at radius 2 is 2.12 bits per heavy atom. The average Bonchev–Trinajstić information content (AvgIpc) is 2.28. The second-order valence-corrected chi connectivity index (χ2v) is 5.13. The van der Waals surface area contributed by atoms with Crippen molar-refractivity contribution >= 4 is 15.9 Å². The van der Waals surface area contributed by atoms with Gasteiger partial charge in [-0.2, -0.15) is 0 Å². The van der Waals surface area contributed by atoms with Crippen LogP contribution in [0.2, 0.25) is 0 Å². The Bertz CT molecular complexity index is 341. The molecule has 0 spiro atoms. The number of hydrogen-bond donors (Lipinski definition) is 1. The lowest BCUT2D eigenvalue weighted by Gasteiger charge is -2.25. The Hall–Kier alpha value is -0.540. The van der Waals surface area contributed by atoms with E-state index in [1.807, 2.05) is 12.1 Å². The number of phenols is 1. The Morgan fingerprint density at radius 3 is 2.75 bits per heavy atom. The van der Waals surface area contributed by atoms with Crippen LogP contribution in [-0.4, -0.2) is 23.6 Å². The molecule has 0 aromatic heterocycles. The summed E-state index contributed by atoms with van der Waals surface area (Å²) in [6, 6.07) is 5.83. The van der Waals surface area contributed by atoms with E-state index in [1.165, 1.54) is 12.8 Å². The zero-order valence-corrected chi connectivity index (χ0v) is 11.8. The standard InChI is InChI=1S/C13H20BrNO/c1-4-5-8-15(3)10(2)12-9-11(14)6-7-13(12)16/h6-7,9-10,16H,4-5,8H2,1-3H3. The third kappa shape index (κ3) is 3.49. The zero-order chi connectivity index (χ0) is 12.1. The van der Waals surface area contributed by atoms with Crippen LogP contribution >= 0.6 is 15.9 Å². The van der Waals surface area contributed by atoms with Crippen molar-refractivity contribution in [3.63, 3.8) is 0 Å². The SMILES string of the molecule is CCCCN(C)C(C)c1cc(Br)ccc1O. The highest BCUT2D eigenvalue weighted by molar-refractivity contribution is 9.10. The summed E-state index contributed by atoms with van der Waals surface area (Å²) in [5, 5.41) is 9.83. The molecule has 1 atom stereocenters. The molecule has 3 heteroatoms. The van der Waals surface area contributed by atoms with Crippen LogP contribution in [0.3, 0.4) is 0 Å². The molecule has 90 valence electrons. The van der Waals surface area contributed by atoms with Crippen molar-refractivity contribution < 1.29 is 5.11 Å². The number of phenolic OH excluding ortho intramolecular Hbond substituents is 1. The van der Waals surface area contributed by atoms with E-state index in [4.69, 9.17) is 0 Å². The van der Waals surface area contributed by atoms with Crippen LogP contribution in [0.1, 0.15) is 38.3 Å². The molecular weight excluding hydrogens is 266 g/mol. The average molecular weight is 286 g/mol. The predicted molar refractivity (Wildman–Crippen MR) is 71.8 cm³/mol. The van der Waals surface area contributed by atoms with Gasteiger partial charge in [0.1, 0.15) is 5.75 Å². The first kappa shape index (κ1) is 13.5. The van der Waals surface area contributed by atoms with E-state index in [1.54, 1.807) is 6.07 Å². The number of rotatable bonds is 5. The van der Waals surface area contributed by atoms with Crippen LogP contribution in [0.25, 0.3) is 0 Å². The largest absolute Gasteiger partial charge is 0.508 e. The summed E-state index contributed by atoms with van der Waals surface area (Å²) in [5.74, 6) is 0.374. The Morgan fingerprint density at radius 1 is 1.44 bits per heavy atom. The lowest BCUT2D eigenvalue weighted by molar-refractivity contribution is 0.252. The van der Waals surface area contributed by atoms with E-state index in [0.717, 1.165) is 16.6 Å². The van der Waals surface area contributed by atoms with Gasteiger partial charge in [0.05, 0.1) is 0 Å². The third-order valence-corrected chi connectivity index (χ3v) is 3.46. The van der Waals surface area contributed by atoms with Crippen LogP contribution in [0, 0.1) is 0 Å². The highest BCUT2D eigenvalue weighted by Crippen LogP contribution is 2.30. The molecule has 16 heavy (non-hydrogen) atoms. The van der Waals surface area contributed by atoms with Gasteiger partial charge in [-0.3, -0.25) is 4.90 Å². The van der Waals surface area contributed by atoms with Crippen LogP contribution in [0.15, 0.2) is 22.7 Å². The van der Waals surface area contributed by atoms with E-state index < -0.39 is 0 Å². The number of unbranched alkanes of at least 4 members (excludes halogenated alkanes) is 1. The molecule has 1 aromatic rings. The second-order valence-electron chi connectivity index (χ2n) is 4.21. The molecule has 0 aliphatic carbocycles. The van der Waals surface area contributed by atoms with E-state index in [9.17, 15) is 5.11 Å². The first-order valence-corrected chi connectivity index (χ1v) is 6.54. The molecule has 1 unspecified atom stereocenters. The van der Waals surface area contributed by atoms with E-state index in [0.29, 0.717) is 5.75 Å². The third-order valence-electron chi connectivity index (χ3n) is 2.97. The minimum Gasteiger partial charge on any atom is -0.508 e. The first-order valence-electron chi connectivity index (χ1n) is 5.75. The summed E-state index contributed by atoms with van der Waals surface area (Å²) in [6.07, 6.45) is 2.39. The molecule has 0 aliphatic rings. The molecule has 0 radical (unpaired) electrons. The molecule has 0 aliphatic heterocycles. The fourth-order valence-electron chi connectivity index (χ4n) is 1.70. The molecule has 0 saturated heterocycles. The van der Waals surface area contributed by atoms with Gasteiger partial charge in [-0.05, 0) is 45.1 Å². The number of hydrogen-bond acceptors (Lipinski definition) is 2.